The molecule has 0 aromatic heterocycles. The van der Waals surface area contributed by atoms with Crippen LogP contribution in [0.5, 0.6) is 0 Å². The number of hydrogen-bond donors (Lipinski definition) is 0. The second-order valence-electron chi connectivity index (χ2n) is 6.93. The number of aryl methyl sites for hydroxylation is 1. The zero-order valence-electron chi connectivity index (χ0n) is 14.1. The molecule has 122 valence electrons. The van der Waals surface area contributed by atoms with E-state index >= 15 is 0 Å². The van der Waals surface area contributed by atoms with Gasteiger partial charge in [-0.15, -0.1) is 11.8 Å². The molecule has 0 radical (unpaired) electrons. The van der Waals surface area contributed by atoms with Crippen molar-refractivity contribution in [1.29, 1.82) is 0 Å². The molecule has 0 amide bonds. The summed E-state index contributed by atoms with van der Waals surface area (Å²) < 4.78 is 0. The van der Waals surface area contributed by atoms with E-state index in [1.807, 2.05) is 23.9 Å². The van der Waals surface area contributed by atoms with Gasteiger partial charge in [0.2, 0.25) is 0 Å². The van der Waals surface area contributed by atoms with E-state index in [9.17, 15) is 0 Å². The molecule has 2 aromatic carbocycles. The van der Waals surface area contributed by atoms with Gasteiger partial charge in [0.1, 0.15) is 0 Å². The number of nitrogens with zero attached hydrogens (tertiary/aromatic N) is 1. The van der Waals surface area contributed by atoms with Gasteiger partial charge in [0, 0.05) is 28.5 Å². The first-order valence-electron chi connectivity index (χ1n) is 8.13. The molecule has 23 heavy (non-hydrogen) atoms. The Kier molecular flexibility index (Phi) is 5.05. The third-order valence-corrected chi connectivity index (χ3v) is 5.87. The lowest BCUT2D eigenvalue weighted by Crippen LogP contribution is -2.40. The molecule has 0 N–H and O–H groups in total. The Labute approximate surface area is 149 Å². The van der Waals surface area contributed by atoms with E-state index in [2.05, 4.69) is 55.3 Å². The van der Waals surface area contributed by atoms with Gasteiger partial charge in [-0.05, 0) is 73.9 Å². The number of hydrogen-bond acceptors (Lipinski definition) is 2. The first kappa shape index (κ1) is 16.9. The van der Waals surface area contributed by atoms with Gasteiger partial charge in [0.05, 0.1) is 0 Å². The number of benzene rings is 2. The minimum atomic E-state index is 0.181. The zero-order valence-corrected chi connectivity index (χ0v) is 15.7. The highest BCUT2D eigenvalue weighted by Gasteiger charge is 2.31. The Balaban J connectivity index is 1.66. The van der Waals surface area contributed by atoms with Crippen LogP contribution in [0, 0.1) is 0 Å². The molecule has 0 bridgehead atoms. The third kappa shape index (κ3) is 3.93. The fraction of sp³-hybridized carbons (Fsp3) is 0.400. The van der Waals surface area contributed by atoms with Crippen LogP contribution in [-0.4, -0.2) is 16.7 Å². The first-order chi connectivity index (χ1) is 11.0. The quantitative estimate of drug-likeness (QED) is 0.631. The van der Waals surface area contributed by atoms with Gasteiger partial charge in [0.25, 0.3) is 0 Å². The molecule has 3 rings (SSSR count). The molecule has 0 fully saturated rings. The predicted molar refractivity (Wildman–Crippen MR) is 101 cm³/mol. The Morgan fingerprint density at radius 1 is 1.09 bits per heavy atom. The summed E-state index contributed by atoms with van der Waals surface area (Å²) in [7, 11) is 0. The van der Waals surface area contributed by atoms with Gasteiger partial charge in [-0.3, -0.25) is 4.90 Å². The van der Waals surface area contributed by atoms with Gasteiger partial charge in [0.15, 0.2) is 0 Å². The summed E-state index contributed by atoms with van der Waals surface area (Å²) in [6.45, 7) is 6.84. The van der Waals surface area contributed by atoms with Crippen molar-refractivity contribution >= 4 is 23.4 Å². The normalized spacial score (nSPS) is 15.0. The molecular formula is C20H24ClNS. The van der Waals surface area contributed by atoms with Crippen LogP contribution in [-0.2, 0) is 19.5 Å². The van der Waals surface area contributed by atoms with Crippen LogP contribution in [0.4, 0.5) is 0 Å². The maximum Gasteiger partial charge on any atom is 0.0408 e. The van der Waals surface area contributed by atoms with Crippen molar-refractivity contribution in [2.45, 2.75) is 50.2 Å². The largest absolute Gasteiger partial charge is 0.290 e. The van der Waals surface area contributed by atoms with Crippen LogP contribution >= 0.6 is 23.4 Å². The number of halogens is 1. The number of fused-ring (bicyclic) bond motifs is 1. The van der Waals surface area contributed by atoms with Crippen LogP contribution in [0.2, 0.25) is 5.02 Å². The van der Waals surface area contributed by atoms with E-state index in [1.54, 1.807) is 0 Å². The van der Waals surface area contributed by atoms with Gasteiger partial charge < -0.3 is 0 Å². The number of rotatable bonds is 5. The molecular weight excluding hydrogens is 322 g/mol. The molecule has 0 aliphatic carbocycles. The molecule has 1 nitrogen and oxygen atoms in total. The van der Waals surface area contributed by atoms with Crippen LogP contribution in [0.1, 0.15) is 37.0 Å². The molecule has 0 unspecified atom stereocenters. The highest BCUT2D eigenvalue weighted by atomic mass is 35.5. The summed E-state index contributed by atoms with van der Waals surface area (Å²) in [6.07, 6.45) is 4.34. The van der Waals surface area contributed by atoms with E-state index in [4.69, 9.17) is 11.6 Å². The monoisotopic (exact) mass is 345 g/mol. The second-order valence-corrected chi connectivity index (χ2v) is 8.25. The maximum absolute atomic E-state index is 6.10. The lowest BCUT2D eigenvalue weighted by Gasteiger charge is -2.35. The summed E-state index contributed by atoms with van der Waals surface area (Å²) in [4.78, 5) is 3.97. The van der Waals surface area contributed by atoms with Crippen molar-refractivity contribution in [3.05, 3.63) is 64.2 Å². The fourth-order valence-corrected chi connectivity index (χ4v) is 3.90. The van der Waals surface area contributed by atoms with Gasteiger partial charge in [-0.1, -0.05) is 29.8 Å². The lowest BCUT2D eigenvalue weighted by atomic mass is 9.93. The summed E-state index contributed by atoms with van der Waals surface area (Å²) in [5.41, 5.74) is 4.49. The molecule has 0 atom stereocenters. The minimum absolute atomic E-state index is 0.181. The molecule has 3 heteroatoms. The summed E-state index contributed by atoms with van der Waals surface area (Å²) in [5.74, 6) is 0. The Morgan fingerprint density at radius 3 is 2.61 bits per heavy atom. The molecule has 0 saturated heterocycles. The van der Waals surface area contributed by atoms with Crippen molar-refractivity contribution < 1.29 is 0 Å². The van der Waals surface area contributed by atoms with Gasteiger partial charge in [-0.2, -0.15) is 0 Å². The molecule has 1 heterocycles. The topological polar surface area (TPSA) is 3.24 Å². The predicted octanol–water partition coefficient (Wildman–Crippen LogP) is 5.79. The van der Waals surface area contributed by atoms with Crippen molar-refractivity contribution in [2.75, 3.05) is 6.26 Å². The van der Waals surface area contributed by atoms with Crippen LogP contribution in [0.25, 0.3) is 0 Å². The Morgan fingerprint density at radius 2 is 1.87 bits per heavy atom. The zero-order chi connectivity index (χ0) is 16.4. The summed E-state index contributed by atoms with van der Waals surface area (Å²) >= 11 is 7.92. The average molecular weight is 346 g/mol. The summed E-state index contributed by atoms with van der Waals surface area (Å²) in [6, 6.07) is 15.1. The Bertz CT molecular complexity index is 696. The average Bonchev–Trinajstić information content (AvgIpc) is 2.97. The van der Waals surface area contributed by atoms with Crippen LogP contribution in [0.15, 0.2) is 47.4 Å². The highest BCUT2D eigenvalue weighted by Crippen LogP contribution is 2.33. The maximum atomic E-state index is 6.10. The molecule has 2 aromatic rings. The number of thioether (sulfide) groups is 1. The molecule has 1 aliphatic rings. The highest BCUT2D eigenvalue weighted by molar-refractivity contribution is 7.98. The first-order valence-corrected chi connectivity index (χ1v) is 9.73. The minimum Gasteiger partial charge on any atom is -0.290 e. The standard InChI is InChI=1S/C20H24ClNS/c1-20(2,10-9-15-5-4-6-18(21)11-15)22-13-16-7-8-19(23-3)12-17(16)14-22/h4-8,11-12H,9-10,13-14H2,1-3H3. The van der Waals surface area contributed by atoms with E-state index in [-0.39, 0.29) is 5.54 Å². The Hall–Kier alpha value is -0.960. The molecule has 1 aliphatic heterocycles. The van der Waals surface area contributed by atoms with E-state index < -0.39 is 0 Å². The lowest BCUT2D eigenvalue weighted by molar-refractivity contribution is 0.109. The molecule has 0 spiro atoms. The second kappa shape index (κ2) is 6.88. The SMILES string of the molecule is CSc1ccc2c(c1)CN(C(C)(C)CCc1cccc(Cl)c1)C2. The fourth-order valence-electron chi connectivity index (χ4n) is 3.23. The van der Waals surface area contributed by atoms with Crippen molar-refractivity contribution in [2.24, 2.45) is 0 Å². The van der Waals surface area contributed by atoms with Crippen molar-refractivity contribution in [3.8, 4) is 0 Å². The summed E-state index contributed by atoms with van der Waals surface area (Å²) in [5, 5.41) is 0.832. The van der Waals surface area contributed by atoms with Gasteiger partial charge >= 0.3 is 0 Å². The van der Waals surface area contributed by atoms with E-state index in [0.29, 0.717) is 0 Å². The third-order valence-electron chi connectivity index (χ3n) is 4.91. The van der Waals surface area contributed by atoms with Crippen LogP contribution in [0.3, 0.4) is 0 Å². The smallest absolute Gasteiger partial charge is 0.0408 e. The molecule has 0 saturated carbocycles. The van der Waals surface area contributed by atoms with E-state index in [1.165, 1.54) is 21.6 Å². The van der Waals surface area contributed by atoms with Gasteiger partial charge in [-0.25, -0.2) is 0 Å². The van der Waals surface area contributed by atoms with Crippen molar-refractivity contribution in [1.82, 2.24) is 4.90 Å². The van der Waals surface area contributed by atoms with Crippen molar-refractivity contribution in [3.63, 3.8) is 0 Å². The van der Waals surface area contributed by atoms with Crippen LogP contribution < -0.4 is 0 Å². The van der Waals surface area contributed by atoms with E-state index in [0.717, 1.165) is 31.0 Å².